The van der Waals surface area contributed by atoms with Crippen LogP contribution < -0.4 is 0 Å². The van der Waals surface area contributed by atoms with Crippen molar-refractivity contribution >= 4 is 17.6 Å². The van der Waals surface area contributed by atoms with Gasteiger partial charge in [-0.05, 0) is 49.7 Å². The first-order chi connectivity index (χ1) is 10.6. The molecular formula is C16H18ClN3O2. The molecule has 1 fully saturated rings. The van der Waals surface area contributed by atoms with Crippen LogP contribution >= 0.6 is 11.6 Å². The van der Waals surface area contributed by atoms with E-state index in [0.717, 1.165) is 30.8 Å². The Morgan fingerprint density at radius 2 is 2.09 bits per heavy atom. The fourth-order valence-corrected chi connectivity index (χ4v) is 2.94. The Balaban J connectivity index is 1.66. The number of aliphatic carboxylic acids is 1. The molecule has 0 spiro atoms. The van der Waals surface area contributed by atoms with Gasteiger partial charge in [0.2, 0.25) is 0 Å². The lowest BCUT2D eigenvalue weighted by atomic mass is 9.98. The van der Waals surface area contributed by atoms with Crippen LogP contribution in [0.3, 0.4) is 0 Å². The van der Waals surface area contributed by atoms with Crippen molar-refractivity contribution < 1.29 is 9.90 Å². The molecule has 1 aliphatic rings. The van der Waals surface area contributed by atoms with Crippen LogP contribution in [-0.4, -0.2) is 38.8 Å². The predicted octanol–water partition coefficient (Wildman–Crippen LogP) is 2.82. The number of likely N-dealkylation sites (tertiary alicyclic amines) is 1. The maximum Gasteiger partial charge on any atom is 0.307 e. The molecule has 5 nitrogen and oxygen atoms in total. The summed E-state index contributed by atoms with van der Waals surface area (Å²) in [6.45, 7) is 2.21. The lowest BCUT2D eigenvalue weighted by Crippen LogP contribution is -2.38. The Morgan fingerprint density at radius 3 is 2.82 bits per heavy atom. The van der Waals surface area contributed by atoms with Gasteiger partial charge < -0.3 is 5.11 Å². The second-order valence-electron chi connectivity index (χ2n) is 5.64. The fraction of sp³-hybridized carbons (Fsp3) is 0.375. The summed E-state index contributed by atoms with van der Waals surface area (Å²) in [5.74, 6) is -0.955. The summed E-state index contributed by atoms with van der Waals surface area (Å²) in [4.78, 5) is 13.3. The van der Waals surface area contributed by atoms with E-state index < -0.39 is 5.97 Å². The molecule has 1 saturated heterocycles. The van der Waals surface area contributed by atoms with E-state index in [1.807, 2.05) is 41.2 Å². The van der Waals surface area contributed by atoms with Crippen molar-refractivity contribution in [3.8, 4) is 5.69 Å². The largest absolute Gasteiger partial charge is 0.481 e. The SMILES string of the molecule is O=C(O)C1CCCN(Cc2ccn(-c3ccc(Cl)cc3)n2)C1. The number of carboxylic acids is 1. The van der Waals surface area contributed by atoms with Gasteiger partial charge in [0.1, 0.15) is 0 Å². The minimum atomic E-state index is -0.698. The molecule has 1 atom stereocenters. The summed E-state index contributed by atoms with van der Waals surface area (Å²) in [5, 5.41) is 14.4. The second kappa shape index (κ2) is 6.50. The molecule has 0 aliphatic carbocycles. The number of rotatable bonds is 4. The summed E-state index contributed by atoms with van der Waals surface area (Å²) >= 11 is 5.89. The van der Waals surface area contributed by atoms with Gasteiger partial charge in [-0.1, -0.05) is 11.6 Å². The van der Waals surface area contributed by atoms with E-state index in [1.165, 1.54) is 0 Å². The molecule has 1 aromatic heterocycles. The fourth-order valence-electron chi connectivity index (χ4n) is 2.81. The number of hydrogen-bond acceptors (Lipinski definition) is 3. The molecule has 1 aliphatic heterocycles. The maximum atomic E-state index is 11.1. The molecule has 2 aromatic rings. The lowest BCUT2D eigenvalue weighted by Gasteiger charge is -2.29. The molecule has 0 amide bonds. The quantitative estimate of drug-likeness (QED) is 0.941. The van der Waals surface area contributed by atoms with Crippen LogP contribution in [-0.2, 0) is 11.3 Å². The van der Waals surface area contributed by atoms with E-state index in [-0.39, 0.29) is 5.92 Å². The number of carbonyl (C=O) groups is 1. The first kappa shape index (κ1) is 15.1. The highest BCUT2D eigenvalue weighted by atomic mass is 35.5. The highest BCUT2D eigenvalue weighted by Crippen LogP contribution is 2.19. The minimum Gasteiger partial charge on any atom is -0.481 e. The van der Waals surface area contributed by atoms with Gasteiger partial charge >= 0.3 is 5.97 Å². The average molecular weight is 320 g/mol. The molecule has 116 valence electrons. The molecule has 0 saturated carbocycles. The second-order valence-corrected chi connectivity index (χ2v) is 6.08. The number of carboxylic acid groups (broad SMARTS) is 1. The number of aromatic nitrogens is 2. The highest BCUT2D eigenvalue weighted by Gasteiger charge is 2.25. The van der Waals surface area contributed by atoms with Gasteiger partial charge in [-0.15, -0.1) is 0 Å². The van der Waals surface area contributed by atoms with Crippen molar-refractivity contribution in [2.75, 3.05) is 13.1 Å². The zero-order valence-electron chi connectivity index (χ0n) is 12.2. The van der Waals surface area contributed by atoms with E-state index in [4.69, 9.17) is 16.7 Å². The number of nitrogens with zero attached hydrogens (tertiary/aromatic N) is 3. The van der Waals surface area contributed by atoms with Crippen LogP contribution in [0.5, 0.6) is 0 Å². The van der Waals surface area contributed by atoms with Gasteiger partial charge in [0.25, 0.3) is 0 Å². The molecule has 6 heteroatoms. The topological polar surface area (TPSA) is 58.4 Å². The Bertz CT molecular complexity index is 654. The van der Waals surface area contributed by atoms with Crippen LogP contribution in [0, 0.1) is 5.92 Å². The maximum absolute atomic E-state index is 11.1. The third-order valence-electron chi connectivity index (χ3n) is 3.98. The van der Waals surface area contributed by atoms with Gasteiger partial charge in [0.15, 0.2) is 0 Å². The van der Waals surface area contributed by atoms with Crippen molar-refractivity contribution in [3.63, 3.8) is 0 Å². The van der Waals surface area contributed by atoms with Crippen LogP contribution in [0.15, 0.2) is 36.5 Å². The van der Waals surface area contributed by atoms with Gasteiger partial charge in [-0.3, -0.25) is 9.69 Å². The lowest BCUT2D eigenvalue weighted by molar-refractivity contribution is -0.143. The Hall–Kier alpha value is -1.85. The van der Waals surface area contributed by atoms with Crippen molar-refractivity contribution in [3.05, 3.63) is 47.2 Å². The van der Waals surface area contributed by atoms with Crippen molar-refractivity contribution in [2.24, 2.45) is 5.92 Å². The molecule has 1 aromatic carbocycles. The van der Waals surface area contributed by atoms with E-state index in [2.05, 4.69) is 10.00 Å². The van der Waals surface area contributed by atoms with Crippen molar-refractivity contribution in [1.82, 2.24) is 14.7 Å². The van der Waals surface area contributed by atoms with Crippen molar-refractivity contribution in [2.45, 2.75) is 19.4 Å². The number of piperidine rings is 1. The summed E-state index contributed by atoms with van der Waals surface area (Å²) in [6, 6.07) is 9.47. The van der Waals surface area contributed by atoms with Crippen molar-refractivity contribution in [1.29, 1.82) is 0 Å². The van der Waals surface area contributed by atoms with Crippen LogP contribution in [0.2, 0.25) is 5.02 Å². The van der Waals surface area contributed by atoms with Gasteiger partial charge in [-0.25, -0.2) is 4.68 Å². The molecule has 0 bridgehead atoms. The summed E-state index contributed by atoms with van der Waals surface area (Å²) in [5.41, 5.74) is 1.90. The molecule has 0 radical (unpaired) electrons. The molecule has 3 rings (SSSR count). The molecule has 22 heavy (non-hydrogen) atoms. The first-order valence-electron chi connectivity index (χ1n) is 7.37. The number of benzene rings is 1. The Morgan fingerprint density at radius 1 is 1.32 bits per heavy atom. The third kappa shape index (κ3) is 3.48. The number of halogens is 1. The zero-order valence-corrected chi connectivity index (χ0v) is 12.9. The Labute approximate surface area is 134 Å². The zero-order chi connectivity index (χ0) is 15.5. The molecule has 2 heterocycles. The van der Waals surface area contributed by atoms with E-state index >= 15 is 0 Å². The summed E-state index contributed by atoms with van der Waals surface area (Å²) in [7, 11) is 0. The first-order valence-corrected chi connectivity index (χ1v) is 7.75. The van der Waals surface area contributed by atoms with Gasteiger partial charge in [0.05, 0.1) is 17.3 Å². The summed E-state index contributed by atoms with van der Waals surface area (Å²) < 4.78 is 1.81. The van der Waals surface area contributed by atoms with E-state index in [1.54, 1.807) is 0 Å². The average Bonchev–Trinajstić information content (AvgIpc) is 2.96. The van der Waals surface area contributed by atoms with Gasteiger partial charge in [0, 0.05) is 24.3 Å². The monoisotopic (exact) mass is 319 g/mol. The van der Waals surface area contributed by atoms with Gasteiger partial charge in [-0.2, -0.15) is 5.10 Å². The third-order valence-corrected chi connectivity index (χ3v) is 4.23. The highest BCUT2D eigenvalue weighted by molar-refractivity contribution is 6.30. The number of hydrogen-bond donors (Lipinski definition) is 1. The van der Waals surface area contributed by atoms with Crippen LogP contribution in [0.4, 0.5) is 0 Å². The Kier molecular flexibility index (Phi) is 4.45. The molecule has 1 N–H and O–H groups in total. The normalized spacial score (nSPS) is 19.2. The van der Waals surface area contributed by atoms with E-state index in [0.29, 0.717) is 18.1 Å². The molecule has 1 unspecified atom stereocenters. The van der Waals surface area contributed by atoms with E-state index in [9.17, 15) is 4.79 Å². The minimum absolute atomic E-state index is 0.257. The smallest absolute Gasteiger partial charge is 0.307 e. The standard InChI is InChI=1S/C16H18ClN3O2/c17-13-3-5-15(6-4-13)20-9-7-14(18-20)11-19-8-1-2-12(10-19)16(21)22/h3-7,9,12H,1-2,8,10-11H2,(H,21,22). The summed E-state index contributed by atoms with van der Waals surface area (Å²) in [6.07, 6.45) is 3.61. The predicted molar refractivity (Wildman–Crippen MR) is 84.2 cm³/mol. The van der Waals surface area contributed by atoms with Crippen LogP contribution in [0.25, 0.3) is 5.69 Å². The molecular weight excluding hydrogens is 302 g/mol. The van der Waals surface area contributed by atoms with Crippen LogP contribution in [0.1, 0.15) is 18.5 Å².